The molecule has 1 aliphatic heterocycles. The molecule has 1 heterocycles. The minimum Gasteiger partial charge on any atom is -0.462 e. The number of epoxide rings is 1. The van der Waals surface area contributed by atoms with Gasteiger partial charge in [0.1, 0.15) is 6.61 Å². The van der Waals surface area contributed by atoms with E-state index in [1.807, 2.05) is 6.08 Å². The number of hydrogen-bond acceptors (Lipinski definition) is 7. The maximum Gasteiger partial charge on any atom is 0.469 e. The second-order valence-electron chi connectivity index (χ2n) is 13.6. The molecular formula is C41H71O9P. The maximum absolute atomic E-state index is 12.4. The molecule has 0 bridgehead atoms. The number of unbranched alkanes of at least 4 members (excludes halogenated alkanes) is 15. The van der Waals surface area contributed by atoms with Gasteiger partial charge in [0, 0.05) is 12.8 Å². The molecule has 2 unspecified atom stereocenters. The number of rotatable bonds is 35. The van der Waals surface area contributed by atoms with Crippen LogP contribution in [0.5, 0.6) is 0 Å². The fourth-order valence-electron chi connectivity index (χ4n) is 5.58. The predicted molar refractivity (Wildman–Crippen MR) is 206 cm³/mol. The van der Waals surface area contributed by atoms with Gasteiger partial charge in [0.2, 0.25) is 0 Å². The van der Waals surface area contributed by atoms with Gasteiger partial charge >= 0.3 is 19.8 Å². The minimum atomic E-state index is -4.77. The molecule has 1 rings (SSSR count). The van der Waals surface area contributed by atoms with Crippen LogP contribution in [0.1, 0.15) is 168 Å². The van der Waals surface area contributed by atoms with Crippen molar-refractivity contribution in [3.8, 4) is 0 Å². The van der Waals surface area contributed by atoms with Gasteiger partial charge in [-0.25, -0.2) is 4.57 Å². The highest BCUT2D eigenvalue weighted by atomic mass is 31.2. The Morgan fingerprint density at radius 3 is 1.73 bits per heavy atom. The number of hydrogen-bond donors (Lipinski definition) is 2. The van der Waals surface area contributed by atoms with E-state index in [4.69, 9.17) is 24.0 Å². The summed E-state index contributed by atoms with van der Waals surface area (Å²) >= 11 is 0. The van der Waals surface area contributed by atoms with Gasteiger partial charge in [0.05, 0.1) is 18.8 Å². The zero-order valence-electron chi connectivity index (χ0n) is 31.9. The van der Waals surface area contributed by atoms with E-state index in [0.717, 1.165) is 51.4 Å². The highest BCUT2D eigenvalue weighted by Gasteiger charge is 2.36. The lowest BCUT2D eigenvalue weighted by atomic mass is 10.1. The number of ether oxygens (including phenoxy) is 3. The number of allylic oxidation sites excluding steroid dienone is 6. The molecule has 3 atom stereocenters. The molecule has 1 aliphatic rings. The largest absolute Gasteiger partial charge is 0.469 e. The Labute approximate surface area is 309 Å². The Balaban J connectivity index is 2.13. The zero-order valence-corrected chi connectivity index (χ0v) is 32.8. The van der Waals surface area contributed by atoms with Crippen LogP contribution in [0.3, 0.4) is 0 Å². The van der Waals surface area contributed by atoms with Crippen molar-refractivity contribution >= 4 is 19.8 Å². The van der Waals surface area contributed by atoms with E-state index in [0.29, 0.717) is 19.3 Å². The van der Waals surface area contributed by atoms with Crippen molar-refractivity contribution in [2.24, 2.45) is 0 Å². The summed E-state index contributed by atoms with van der Waals surface area (Å²) in [6.45, 7) is 3.57. The molecule has 1 fully saturated rings. The van der Waals surface area contributed by atoms with Crippen LogP contribution in [-0.2, 0) is 32.9 Å². The monoisotopic (exact) mass is 738 g/mol. The molecule has 1 saturated heterocycles. The zero-order chi connectivity index (χ0) is 37.3. The van der Waals surface area contributed by atoms with Gasteiger partial charge < -0.3 is 24.0 Å². The first-order valence-corrected chi connectivity index (χ1v) is 21.6. The van der Waals surface area contributed by atoms with E-state index in [1.165, 1.54) is 70.6 Å². The molecule has 0 aromatic rings. The summed E-state index contributed by atoms with van der Waals surface area (Å²) in [4.78, 5) is 42.8. The molecule has 0 spiro atoms. The van der Waals surface area contributed by atoms with Crippen molar-refractivity contribution < 1.29 is 42.7 Å². The lowest BCUT2D eigenvalue weighted by Gasteiger charge is -2.18. The van der Waals surface area contributed by atoms with Gasteiger partial charge in [-0.2, -0.15) is 0 Å². The second kappa shape index (κ2) is 32.6. The van der Waals surface area contributed by atoms with E-state index in [9.17, 15) is 14.2 Å². The number of carbonyl (C=O) groups is 2. The molecule has 0 aromatic carbocycles. The summed E-state index contributed by atoms with van der Waals surface area (Å²) in [5.74, 6) is -0.965. The summed E-state index contributed by atoms with van der Waals surface area (Å²) < 4.78 is 32.1. The first-order valence-electron chi connectivity index (χ1n) is 20.1. The average molecular weight is 739 g/mol. The lowest BCUT2D eigenvalue weighted by molar-refractivity contribution is -0.161. The highest BCUT2D eigenvalue weighted by molar-refractivity contribution is 7.46. The molecule has 0 aliphatic carbocycles. The van der Waals surface area contributed by atoms with Gasteiger partial charge in [0.15, 0.2) is 6.10 Å². The molecular weight excluding hydrogens is 667 g/mol. The van der Waals surface area contributed by atoms with Crippen molar-refractivity contribution in [3.63, 3.8) is 0 Å². The Bertz CT molecular complexity index is 1030. The highest BCUT2D eigenvalue weighted by Crippen LogP contribution is 2.36. The van der Waals surface area contributed by atoms with Gasteiger partial charge in [-0.05, 0) is 77.0 Å². The molecule has 10 heteroatoms. The summed E-state index contributed by atoms with van der Waals surface area (Å²) in [5.41, 5.74) is 0. The molecule has 0 saturated carbocycles. The third-order valence-corrected chi connectivity index (χ3v) is 9.21. The molecule has 0 radical (unpaired) electrons. The Morgan fingerprint density at radius 1 is 0.608 bits per heavy atom. The first-order chi connectivity index (χ1) is 24.7. The molecule has 51 heavy (non-hydrogen) atoms. The van der Waals surface area contributed by atoms with E-state index in [-0.39, 0.29) is 31.7 Å². The van der Waals surface area contributed by atoms with Crippen molar-refractivity contribution in [1.82, 2.24) is 0 Å². The predicted octanol–water partition coefficient (Wildman–Crippen LogP) is 10.9. The average Bonchev–Trinajstić information content (AvgIpc) is 3.85. The third kappa shape index (κ3) is 32.4. The van der Waals surface area contributed by atoms with Crippen molar-refractivity contribution in [3.05, 3.63) is 48.6 Å². The van der Waals surface area contributed by atoms with E-state index in [2.05, 4.69) is 60.9 Å². The summed E-state index contributed by atoms with van der Waals surface area (Å²) in [6.07, 6.45) is 41.4. The van der Waals surface area contributed by atoms with E-state index in [1.54, 1.807) is 0 Å². The quantitative estimate of drug-likeness (QED) is 0.0214. The van der Waals surface area contributed by atoms with E-state index >= 15 is 0 Å². The molecule has 0 amide bonds. The second-order valence-corrected chi connectivity index (χ2v) is 14.9. The van der Waals surface area contributed by atoms with Crippen LogP contribution in [0.4, 0.5) is 0 Å². The molecule has 2 N–H and O–H groups in total. The maximum atomic E-state index is 12.4. The molecule has 9 nitrogen and oxygen atoms in total. The number of phosphoric acid groups is 1. The minimum absolute atomic E-state index is 0.181. The third-order valence-electron chi connectivity index (χ3n) is 8.72. The van der Waals surface area contributed by atoms with Crippen LogP contribution < -0.4 is 0 Å². The Hall–Kier alpha value is -2.03. The SMILES string of the molecule is CCCCC/C=C\C/C=C\CC1OC1C/C=C\CCCC(=O)OC[C@H](COP(=O)(O)O)OC(=O)CCCCCCCCC/C=C\CCCCCC. The fraction of sp³-hybridized carbons (Fsp3) is 0.756. The summed E-state index contributed by atoms with van der Waals surface area (Å²) in [7, 11) is -4.77. The van der Waals surface area contributed by atoms with Crippen LogP contribution in [0.25, 0.3) is 0 Å². The van der Waals surface area contributed by atoms with Gasteiger partial charge in [0.25, 0.3) is 0 Å². The van der Waals surface area contributed by atoms with Crippen molar-refractivity contribution in [2.75, 3.05) is 13.2 Å². The number of esters is 2. The normalized spacial score (nSPS) is 16.9. The summed E-state index contributed by atoms with van der Waals surface area (Å²) in [5, 5.41) is 0. The van der Waals surface area contributed by atoms with Crippen molar-refractivity contribution in [1.29, 1.82) is 0 Å². The lowest BCUT2D eigenvalue weighted by Crippen LogP contribution is -2.29. The Kier molecular flexibility index (Phi) is 30.0. The van der Waals surface area contributed by atoms with E-state index < -0.39 is 32.5 Å². The van der Waals surface area contributed by atoms with Gasteiger partial charge in [-0.1, -0.05) is 127 Å². The smallest absolute Gasteiger partial charge is 0.462 e. The summed E-state index contributed by atoms with van der Waals surface area (Å²) in [6, 6.07) is 0. The topological polar surface area (TPSA) is 132 Å². The molecule has 0 aromatic heterocycles. The standard InChI is InChI=1S/C41H71O9P/c1-3-5-7-9-11-13-14-15-16-17-18-20-22-24-30-34-41(43)49-37(36-48-51(44,45)46)35-47-40(42)33-29-26-25-28-32-39-38(50-39)31-27-23-21-19-12-10-8-6-4-2/h12-14,19,23,25,27-28,37-39H,3-11,15-18,20-22,24,26,29-36H2,1-2H3,(H2,44,45,46)/b14-13-,19-12-,27-23-,28-25-/t37-,38?,39?/m1/s1. The Morgan fingerprint density at radius 2 is 1.08 bits per heavy atom. The van der Waals surface area contributed by atoms with Crippen LogP contribution in [-0.4, -0.2) is 53.3 Å². The van der Waals surface area contributed by atoms with Crippen molar-refractivity contribution in [2.45, 2.75) is 186 Å². The number of phosphoric ester groups is 1. The van der Waals surface area contributed by atoms with Crippen LogP contribution in [0.15, 0.2) is 48.6 Å². The van der Waals surface area contributed by atoms with Gasteiger partial charge in [-0.15, -0.1) is 0 Å². The fourth-order valence-corrected chi connectivity index (χ4v) is 5.94. The van der Waals surface area contributed by atoms with Crippen LogP contribution >= 0.6 is 7.82 Å². The first kappa shape index (κ1) is 47.0. The molecule has 294 valence electrons. The van der Waals surface area contributed by atoms with Crippen LogP contribution in [0.2, 0.25) is 0 Å². The van der Waals surface area contributed by atoms with Gasteiger partial charge in [-0.3, -0.25) is 14.1 Å². The number of carbonyl (C=O) groups excluding carboxylic acids is 2. The van der Waals surface area contributed by atoms with Crippen LogP contribution in [0, 0.1) is 0 Å².